The van der Waals surface area contributed by atoms with Gasteiger partial charge in [-0.05, 0) is 41.5 Å². The van der Waals surface area contributed by atoms with Crippen molar-refractivity contribution in [1.82, 2.24) is 5.32 Å². The van der Waals surface area contributed by atoms with Crippen LogP contribution in [0.25, 0.3) is 16.8 Å². The van der Waals surface area contributed by atoms with Crippen LogP contribution >= 0.6 is 0 Å². The van der Waals surface area contributed by atoms with Gasteiger partial charge in [0.15, 0.2) is 6.61 Å². The summed E-state index contributed by atoms with van der Waals surface area (Å²) in [5, 5.41) is 5.05. The van der Waals surface area contributed by atoms with E-state index in [1.54, 1.807) is 31.4 Å². The van der Waals surface area contributed by atoms with E-state index in [1.165, 1.54) is 13.2 Å². The first-order valence-electron chi connectivity index (χ1n) is 9.85. The number of carbonyl (C=O) groups is 2. The summed E-state index contributed by atoms with van der Waals surface area (Å²) in [5.74, 6) is 0.216. The minimum absolute atomic E-state index is 0.226. The van der Waals surface area contributed by atoms with Crippen molar-refractivity contribution in [3.63, 3.8) is 0 Å². The van der Waals surface area contributed by atoms with E-state index in [-0.39, 0.29) is 18.6 Å². The van der Waals surface area contributed by atoms with Gasteiger partial charge in [-0.3, -0.25) is 4.79 Å². The van der Waals surface area contributed by atoms with Gasteiger partial charge >= 0.3 is 5.97 Å². The lowest BCUT2D eigenvalue weighted by Crippen LogP contribution is -2.31. The molecule has 0 heterocycles. The van der Waals surface area contributed by atoms with Crippen molar-refractivity contribution in [3.8, 4) is 11.5 Å². The molecule has 0 spiro atoms. The zero-order valence-corrected chi connectivity index (χ0v) is 17.8. The van der Waals surface area contributed by atoms with Crippen molar-refractivity contribution < 1.29 is 23.8 Å². The third kappa shape index (κ3) is 5.63. The zero-order valence-electron chi connectivity index (χ0n) is 17.8. The van der Waals surface area contributed by atoms with E-state index in [0.717, 1.165) is 16.3 Å². The second-order valence-corrected chi connectivity index (χ2v) is 6.91. The van der Waals surface area contributed by atoms with Crippen molar-refractivity contribution in [2.75, 3.05) is 20.8 Å². The highest BCUT2D eigenvalue weighted by Gasteiger charge is 2.13. The Morgan fingerprint density at radius 3 is 2.55 bits per heavy atom. The van der Waals surface area contributed by atoms with Gasteiger partial charge in [0, 0.05) is 17.7 Å². The Balaban J connectivity index is 1.56. The molecule has 0 unspecified atom stereocenters. The third-order valence-electron chi connectivity index (χ3n) is 4.85. The van der Waals surface area contributed by atoms with Gasteiger partial charge in [0.2, 0.25) is 0 Å². The molecule has 0 aliphatic heterocycles. The first-order chi connectivity index (χ1) is 15.0. The summed E-state index contributed by atoms with van der Waals surface area (Å²) < 4.78 is 15.5. The van der Waals surface area contributed by atoms with Crippen molar-refractivity contribution in [1.29, 1.82) is 0 Å². The fourth-order valence-electron chi connectivity index (χ4n) is 3.29. The molecule has 3 rings (SSSR count). The van der Waals surface area contributed by atoms with Crippen LogP contribution in [0.4, 0.5) is 0 Å². The zero-order chi connectivity index (χ0) is 22.2. The summed E-state index contributed by atoms with van der Waals surface area (Å²) in [5.41, 5.74) is 1.69. The summed E-state index contributed by atoms with van der Waals surface area (Å²) in [6, 6.07) is 19.0. The number of benzene rings is 3. The molecule has 0 aliphatic carbocycles. The first kappa shape index (κ1) is 21.9. The highest BCUT2D eigenvalue weighted by Crippen LogP contribution is 2.26. The van der Waals surface area contributed by atoms with Gasteiger partial charge in [-0.15, -0.1) is 0 Å². The second kappa shape index (κ2) is 10.3. The number of carbonyl (C=O) groups excluding carboxylic acids is 2. The predicted octanol–water partition coefficient (Wildman–Crippen LogP) is 4.29. The van der Waals surface area contributed by atoms with E-state index in [0.29, 0.717) is 17.1 Å². The normalized spacial score (nSPS) is 11.8. The van der Waals surface area contributed by atoms with Gasteiger partial charge in [-0.25, -0.2) is 4.79 Å². The molecule has 0 saturated carbocycles. The molecule has 0 radical (unpaired) electrons. The van der Waals surface area contributed by atoms with Crippen molar-refractivity contribution >= 4 is 28.7 Å². The van der Waals surface area contributed by atoms with Crippen molar-refractivity contribution in [3.05, 3.63) is 77.9 Å². The molecule has 1 N–H and O–H groups in total. The van der Waals surface area contributed by atoms with E-state index in [1.807, 2.05) is 49.4 Å². The Hall–Kier alpha value is -3.80. The largest absolute Gasteiger partial charge is 0.497 e. The van der Waals surface area contributed by atoms with Crippen LogP contribution in [0.15, 0.2) is 66.7 Å². The quantitative estimate of drug-likeness (QED) is 0.436. The summed E-state index contributed by atoms with van der Waals surface area (Å²) in [4.78, 5) is 24.3. The van der Waals surface area contributed by atoms with E-state index >= 15 is 0 Å². The molecule has 1 amide bonds. The number of nitrogens with one attached hydrogen (secondary N) is 1. The molecule has 1 atom stereocenters. The summed E-state index contributed by atoms with van der Waals surface area (Å²) in [6.45, 7) is 1.54. The predicted molar refractivity (Wildman–Crippen MR) is 120 cm³/mol. The highest BCUT2D eigenvalue weighted by molar-refractivity contribution is 5.90. The average molecular weight is 419 g/mol. The summed E-state index contributed by atoms with van der Waals surface area (Å²) in [7, 11) is 3.10. The van der Waals surface area contributed by atoms with Gasteiger partial charge in [0.05, 0.1) is 20.3 Å². The van der Waals surface area contributed by atoms with Gasteiger partial charge in [-0.2, -0.15) is 0 Å². The molecular formula is C25H25NO5. The molecule has 3 aromatic rings. The van der Waals surface area contributed by atoms with Crippen LogP contribution < -0.4 is 14.8 Å². The van der Waals surface area contributed by atoms with E-state index in [9.17, 15) is 9.59 Å². The van der Waals surface area contributed by atoms with Crippen LogP contribution in [-0.4, -0.2) is 32.7 Å². The molecule has 3 aromatic carbocycles. The first-order valence-corrected chi connectivity index (χ1v) is 9.85. The van der Waals surface area contributed by atoms with Gasteiger partial charge in [0.1, 0.15) is 11.5 Å². The SMILES string of the molecule is COc1ccc(/C=C/C(=O)OCC(=O)N[C@@H](C)c2cccc3ccccc23)c(OC)c1. The number of ether oxygens (including phenoxy) is 3. The minimum atomic E-state index is -0.620. The fraction of sp³-hybridized carbons (Fsp3) is 0.200. The van der Waals surface area contributed by atoms with Gasteiger partial charge < -0.3 is 19.5 Å². The topological polar surface area (TPSA) is 73.9 Å². The number of methoxy groups -OCH3 is 2. The monoisotopic (exact) mass is 419 g/mol. The Labute approximate surface area is 181 Å². The van der Waals surface area contributed by atoms with Crippen LogP contribution in [0, 0.1) is 0 Å². The Morgan fingerprint density at radius 2 is 1.77 bits per heavy atom. The Morgan fingerprint density at radius 1 is 1.00 bits per heavy atom. The molecule has 160 valence electrons. The number of fused-ring (bicyclic) bond motifs is 1. The maximum absolute atomic E-state index is 12.3. The lowest BCUT2D eigenvalue weighted by molar-refractivity contribution is -0.144. The molecule has 0 saturated heterocycles. The van der Waals surface area contributed by atoms with Gasteiger partial charge in [0.25, 0.3) is 5.91 Å². The number of amides is 1. The van der Waals surface area contributed by atoms with E-state index in [2.05, 4.69) is 5.32 Å². The molecule has 0 aliphatic rings. The second-order valence-electron chi connectivity index (χ2n) is 6.91. The highest BCUT2D eigenvalue weighted by atomic mass is 16.5. The van der Waals surface area contributed by atoms with Crippen LogP contribution in [-0.2, 0) is 14.3 Å². The summed E-state index contributed by atoms with van der Waals surface area (Å²) >= 11 is 0. The van der Waals surface area contributed by atoms with E-state index in [4.69, 9.17) is 14.2 Å². The molecule has 0 bridgehead atoms. The van der Waals surface area contributed by atoms with Crippen LogP contribution in [0.1, 0.15) is 24.1 Å². The minimum Gasteiger partial charge on any atom is -0.497 e. The fourth-order valence-corrected chi connectivity index (χ4v) is 3.29. The third-order valence-corrected chi connectivity index (χ3v) is 4.85. The average Bonchev–Trinajstić information content (AvgIpc) is 2.80. The standard InChI is InChI=1S/C25H25NO5/c1-17(21-10-6-8-18-7-4-5-9-22(18)21)26-24(27)16-31-25(28)14-12-19-11-13-20(29-2)15-23(19)30-3/h4-15,17H,16H2,1-3H3,(H,26,27)/b14-12+/t17-/m0/s1. The molecule has 0 aromatic heterocycles. The van der Waals surface area contributed by atoms with Crippen LogP contribution in [0.2, 0.25) is 0 Å². The number of esters is 1. The van der Waals surface area contributed by atoms with Crippen molar-refractivity contribution in [2.24, 2.45) is 0 Å². The van der Waals surface area contributed by atoms with Crippen molar-refractivity contribution in [2.45, 2.75) is 13.0 Å². The number of hydrogen-bond acceptors (Lipinski definition) is 5. The smallest absolute Gasteiger partial charge is 0.331 e. The Bertz CT molecular complexity index is 1100. The van der Waals surface area contributed by atoms with Crippen LogP contribution in [0.5, 0.6) is 11.5 Å². The maximum Gasteiger partial charge on any atom is 0.331 e. The number of hydrogen-bond donors (Lipinski definition) is 1. The molecule has 31 heavy (non-hydrogen) atoms. The molecule has 6 nitrogen and oxygen atoms in total. The van der Waals surface area contributed by atoms with Crippen LogP contribution in [0.3, 0.4) is 0 Å². The Kier molecular flexibility index (Phi) is 7.27. The lowest BCUT2D eigenvalue weighted by atomic mass is 10.00. The molecule has 6 heteroatoms. The summed E-state index contributed by atoms with van der Waals surface area (Å²) in [6.07, 6.45) is 2.82. The molecular weight excluding hydrogens is 394 g/mol. The molecule has 0 fully saturated rings. The lowest BCUT2D eigenvalue weighted by Gasteiger charge is -2.16. The van der Waals surface area contributed by atoms with Gasteiger partial charge in [-0.1, -0.05) is 42.5 Å². The van der Waals surface area contributed by atoms with E-state index < -0.39 is 5.97 Å². The number of rotatable bonds is 8. The maximum atomic E-state index is 12.3.